The van der Waals surface area contributed by atoms with Crippen LogP contribution in [-0.4, -0.2) is 25.7 Å². The lowest BCUT2D eigenvalue weighted by molar-refractivity contribution is 0.160. The highest BCUT2D eigenvalue weighted by Gasteiger charge is 2.42. The van der Waals surface area contributed by atoms with E-state index < -0.39 is 0 Å². The first-order valence-corrected chi connectivity index (χ1v) is 9.78. The molecule has 0 spiro atoms. The van der Waals surface area contributed by atoms with Gasteiger partial charge in [-0.2, -0.15) is 0 Å². The van der Waals surface area contributed by atoms with Crippen molar-refractivity contribution < 1.29 is 9.47 Å². The molecule has 138 valence electrons. The zero-order valence-electron chi connectivity index (χ0n) is 16.6. The lowest BCUT2D eigenvalue weighted by Crippen LogP contribution is -2.28. The molecule has 0 saturated heterocycles. The highest BCUT2D eigenvalue weighted by atomic mass is 16.5. The fourth-order valence-corrected chi connectivity index (χ4v) is 5.14. The van der Waals surface area contributed by atoms with E-state index in [1.54, 1.807) is 14.2 Å². The van der Waals surface area contributed by atoms with Crippen LogP contribution >= 0.6 is 0 Å². The van der Waals surface area contributed by atoms with Crippen molar-refractivity contribution in [3.8, 4) is 22.6 Å². The minimum atomic E-state index is 0.479. The van der Waals surface area contributed by atoms with Crippen molar-refractivity contribution in [2.75, 3.05) is 20.8 Å². The molecule has 2 aliphatic rings. The van der Waals surface area contributed by atoms with Crippen molar-refractivity contribution >= 4 is 0 Å². The molecule has 1 aliphatic carbocycles. The molecule has 2 atom stereocenters. The molecule has 0 saturated carbocycles. The van der Waals surface area contributed by atoms with Gasteiger partial charge in [-0.3, -0.25) is 4.90 Å². The summed E-state index contributed by atoms with van der Waals surface area (Å²) in [4.78, 5) is 2.71. The van der Waals surface area contributed by atoms with Crippen molar-refractivity contribution in [2.24, 2.45) is 0 Å². The fourth-order valence-electron chi connectivity index (χ4n) is 5.14. The van der Waals surface area contributed by atoms with E-state index in [2.05, 4.69) is 43.9 Å². The largest absolute Gasteiger partial charge is 0.493 e. The van der Waals surface area contributed by atoms with Crippen LogP contribution in [0.1, 0.15) is 61.0 Å². The first-order chi connectivity index (χ1) is 12.6. The van der Waals surface area contributed by atoms with Crippen LogP contribution in [-0.2, 0) is 6.42 Å². The molecular formula is C23H29NO2. The Morgan fingerprint density at radius 2 is 1.92 bits per heavy atom. The predicted octanol–water partition coefficient (Wildman–Crippen LogP) is 5.45. The Labute approximate surface area is 156 Å². The van der Waals surface area contributed by atoms with Gasteiger partial charge in [0.25, 0.3) is 0 Å². The molecule has 26 heavy (non-hydrogen) atoms. The maximum Gasteiger partial charge on any atom is 0.168 e. The molecule has 4 rings (SSSR count). The summed E-state index contributed by atoms with van der Waals surface area (Å²) in [5.41, 5.74) is 8.33. The third-order valence-electron chi connectivity index (χ3n) is 6.09. The van der Waals surface area contributed by atoms with Crippen molar-refractivity contribution in [3.05, 3.63) is 46.5 Å². The zero-order valence-corrected chi connectivity index (χ0v) is 16.6. The van der Waals surface area contributed by atoms with Gasteiger partial charge in [0.2, 0.25) is 0 Å². The van der Waals surface area contributed by atoms with Gasteiger partial charge < -0.3 is 9.47 Å². The molecule has 3 nitrogen and oxygen atoms in total. The van der Waals surface area contributed by atoms with E-state index in [4.69, 9.17) is 9.47 Å². The Kier molecular flexibility index (Phi) is 4.44. The summed E-state index contributed by atoms with van der Waals surface area (Å²) in [6.45, 7) is 7.89. The number of hydrogen-bond acceptors (Lipinski definition) is 3. The average Bonchev–Trinajstić information content (AvgIpc) is 2.94. The van der Waals surface area contributed by atoms with Gasteiger partial charge in [0.1, 0.15) is 0 Å². The molecule has 3 heteroatoms. The molecule has 0 radical (unpaired) electrons. The van der Waals surface area contributed by atoms with Gasteiger partial charge in [0, 0.05) is 17.6 Å². The Morgan fingerprint density at radius 1 is 1.12 bits per heavy atom. The van der Waals surface area contributed by atoms with Crippen LogP contribution in [0, 0.1) is 6.92 Å². The molecule has 0 unspecified atom stereocenters. The van der Waals surface area contributed by atoms with Crippen LogP contribution < -0.4 is 9.47 Å². The van der Waals surface area contributed by atoms with Crippen LogP contribution in [0.15, 0.2) is 24.3 Å². The van der Waals surface area contributed by atoms with Gasteiger partial charge in [-0.25, -0.2) is 0 Å². The number of likely N-dealkylation sites (N-methyl/N-ethyl adjacent to an activating group) is 1. The van der Waals surface area contributed by atoms with Crippen molar-refractivity contribution in [3.63, 3.8) is 0 Å². The van der Waals surface area contributed by atoms with Crippen LogP contribution in [0.25, 0.3) is 11.1 Å². The molecule has 0 fully saturated rings. The van der Waals surface area contributed by atoms with Gasteiger partial charge in [-0.15, -0.1) is 0 Å². The number of rotatable bonds is 5. The zero-order chi connectivity index (χ0) is 18.4. The first kappa shape index (κ1) is 17.4. The van der Waals surface area contributed by atoms with Gasteiger partial charge in [-0.1, -0.05) is 44.0 Å². The summed E-state index contributed by atoms with van der Waals surface area (Å²) in [7, 11) is 3.46. The third kappa shape index (κ3) is 2.37. The second kappa shape index (κ2) is 6.62. The Bertz CT molecular complexity index is 843. The van der Waals surface area contributed by atoms with E-state index in [1.807, 2.05) is 6.07 Å². The Balaban J connectivity index is 2.00. The summed E-state index contributed by atoms with van der Waals surface area (Å²) in [5.74, 6) is 1.69. The summed E-state index contributed by atoms with van der Waals surface area (Å²) in [6, 6.07) is 10.0. The maximum absolute atomic E-state index is 5.82. The monoisotopic (exact) mass is 351 g/mol. The summed E-state index contributed by atoms with van der Waals surface area (Å²) >= 11 is 0. The standard InChI is InChI=1S/C23H29NO2/c1-6-8-18-16-11-14(3)12-17-21-15(9-10-20(25-4)23(21)26-5)13-19(22(16)17)24(18)7-2/h9-12,18-19H,6-8,13H2,1-5H3/t18-,19+/m0/s1. The molecule has 1 heterocycles. The normalized spacial score (nSPS) is 20.7. The highest BCUT2D eigenvalue weighted by Crippen LogP contribution is 2.56. The van der Waals surface area contributed by atoms with Crippen LogP contribution in [0.2, 0.25) is 0 Å². The second-order valence-corrected chi connectivity index (χ2v) is 7.51. The fraction of sp³-hybridized carbons (Fsp3) is 0.478. The van der Waals surface area contributed by atoms with Crippen molar-refractivity contribution in [2.45, 2.75) is 52.1 Å². The number of hydrogen-bond donors (Lipinski definition) is 0. The van der Waals surface area contributed by atoms with E-state index in [1.165, 1.54) is 46.2 Å². The molecule has 2 aromatic carbocycles. The number of ether oxygens (including phenoxy) is 2. The highest BCUT2D eigenvalue weighted by molar-refractivity contribution is 5.83. The number of aryl methyl sites for hydroxylation is 1. The maximum atomic E-state index is 5.82. The van der Waals surface area contributed by atoms with E-state index in [0.717, 1.165) is 24.5 Å². The summed E-state index contributed by atoms with van der Waals surface area (Å²) in [5, 5.41) is 0. The smallest absolute Gasteiger partial charge is 0.168 e. The minimum absolute atomic E-state index is 0.479. The molecule has 2 aromatic rings. The Morgan fingerprint density at radius 3 is 2.58 bits per heavy atom. The molecule has 0 bridgehead atoms. The molecule has 0 amide bonds. The van der Waals surface area contributed by atoms with E-state index >= 15 is 0 Å². The van der Waals surface area contributed by atoms with Gasteiger partial charge in [0.05, 0.1) is 14.2 Å². The van der Waals surface area contributed by atoms with E-state index in [-0.39, 0.29) is 0 Å². The topological polar surface area (TPSA) is 21.7 Å². The Hall–Kier alpha value is -2.00. The third-order valence-corrected chi connectivity index (χ3v) is 6.09. The molecular weight excluding hydrogens is 322 g/mol. The SMILES string of the molecule is CCC[C@H]1c2cc(C)cc3c2[C@@H](Cc2ccc(OC)c(OC)c2-3)N1CC. The predicted molar refractivity (Wildman–Crippen MR) is 106 cm³/mol. The number of benzene rings is 2. The van der Waals surface area contributed by atoms with Crippen LogP contribution in [0.3, 0.4) is 0 Å². The van der Waals surface area contributed by atoms with E-state index in [9.17, 15) is 0 Å². The van der Waals surface area contributed by atoms with Crippen LogP contribution in [0.4, 0.5) is 0 Å². The summed E-state index contributed by atoms with van der Waals surface area (Å²) < 4.78 is 11.4. The molecule has 1 aliphatic heterocycles. The minimum Gasteiger partial charge on any atom is -0.493 e. The number of fused-ring (bicyclic) bond motifs is 2. The van der Waals surface area contributed by atoms with Crippen molar-refractivity contribution in [1.82, 2.24) is 4.90 Å². The lowest BCUT2D eigenvalue weighted by atomic mass is 9.80. The lowest BCUT2D eigenvalue weighted by Gasteiger charge is -2.33. The number of nitrogens with zero attached hydrogens (tertiary/aromatic N) is 1. The van der Waals surface area contributed by atoms with Gasteiger partial charge in [-0.05, 0) is 54.6 Å². The van der Waals surface area contributed by atoms with E-state index in [0.29, 0.717) is 12.1 Å². The van der Waals surface area contributed by atoms with Gasteiger partial charge in [0.15, 0.2) is 11.5 Å². The molecule has 0 aromatic heterocycles. The average molecular weight is 351 g/mol. The molecule has 0 N–H and O–H groups in total. The number of methoxy groups -OCH3 is 2. The quantitative estimate of drug-likeness (QED) is 0.714. The summed E-state index contributed by atoms with van der Waals surface area (Å²) in [6.07, 6.45) is 3.48. The van der Waals surface area contributed by atoms with Crippen LogP contribution in [0.5, 0.6) is 11.5 Å². The second-order valence-electron chi connectivity index (χ2n) is 7.51. The van der Waals surface area contributed by atoms with Gasteiger partial charge >= 0.3 is 0 Å². The van der Waals surface area contributed by atoms with Crippen molar-refractivity contribution in [1.29, 1.82) is 0 Å². The first-order valence-electron chi connectivity index (χ1n) is 9.78.